The Kier molecular flexibility index (Phi) is 4.12. The smallest absolute Gasteiger partial charge is 0.272 e. The van der Waals surface area contributed by atoms with E-state index in [0.29, 0.717) is 12.2 Å². The Balaban J connectivity index is 1.12. The molecule has 1 amide bonds. The number of nitrogens with one attached hydrogen (secondary N) is 2. The van der Waals surface area contributed by atoms with Gasteiger partial charge in [0.25, 0.3) is 5.91 Å². The van der Waals surface area contributed by atoms with Crippen molar-refractivity contribution in [2.75, 3.05) is 18.0 Å². The lowest BCUT2D eigenvalue weighted by Crippen LogP contribution is -2.27. The number of piperidine rings is 1. The number of imidazole rings is 1. The van der Waals surface area contributed by atoms with E-state index in [-0.39, 0.29) is 11.9 Å². The first kappa shape index (κ1) is 18.5. The van der Waals surface area contributed by atoms with Crippen molar-refractivity contribution in [2.45, 2.75) is 45.7 Å². The van der Waals surface area contributed by atoms with Crippen LogP contribution in [0.4, 0.5) is 5.95 Å². The highest BCUT2D eigenvalue weighted by molar-refractivity contribution is 5.92. The molecule has 0 bridgehead atoms. The molecule has 0 radical (unpaired) electrons. The Morgan fingerprint density at radius 3 is 2.90 bits per heavy atom. The molecule has 160 valence electrons. The molecule has 4 heterocycles. The minimum Gasteiger partial charge on any atom is -0.342 e. The first-order valence-corrected chi connectivity index (χ1v) is 11.0. The number of H-pyrrole nitrogens is 1. The quantitative estimate of drug-likeness (QED) is 0.656. The molecule has 0 spiro atoms. The summed E-state index contributed by atoms with van der Waals surface area (Å²) in [6, 6.07) is -0.0580. The van der Waals surface area contributed by atoms with Crippen LogP contribution in [0, 0.1) is 25.7 Å². The molecule has 3 aromatic heterocycles. The number of nitrogens with zero attached hydrogens (tertiary/aromatic N) is 6. The predicted molar refractivity (Wildman–Crippen MR) is 114 cm³/mol. The molecule has 2 aliphatic carbocycles. The van der Waals surface area contributed by atoms with Gasteiger partial charge in [0.1, 0.15) is 5.69 Å². The highest BCUT2D eigenvalue weighted by Crippen LogP contribution is 2.45. The molecular formula is C22H26N8O. The first-order chi connectivity index (χ1) is 15.0. The van der Waals surface area contributed by atoms with E-state index >= 15 is 0 Å². The summed E-state index contributed by atoms with van der Waals surface area (Å²) in [5, 5.41) is 10.4. The van der Waals surface area contributed by atoms with Gasteiger partial charge in [-0.1, -0.05) is 0 Å². The predicted octanol–water partition coefficient (Wildman–Crippen LogP) is 1.93. The van der Waals surface area contributed by atoms with E-state index in [0.717, 1.165) is 66.4 Å². The minimum absolute atomic E-state index is 0.0580. The second-order valence-electron chi connectivity index (χ2n) is 9.15. The third-order valence-corrected chi connectivity index (χ3v) is 6.97. The van der Waals surface area contributed by atoms with Gasteiger partial charge in [-0.2, -0.15) is 5.10 Å². The number of rotatable bonds is 5. The molecule has 1 saturated heterocycles. The minimum atomic E-state index is -0.173. The molecule has 2 fully saturated rings. The van der Waals surface area contributed by atoms with Gasteiger partial charge < -0.3 is 14.8 Å². The van der Waals surface area contributed by atoms with Gasteiger partial charge >= 0.3 is 0 Å². The Hall–Kier alpha value is -3.23. The second-order valence-corrected chi connectivity index (χ2v) is 9.15. The Morgan fingerprint density at radius 2 is 2.10 bits per heavy atom. The van der Waals surface area contributed by atoms with Crippen LogP contribution in [0.2, 0.25) is 0 Å². The van der Waals surface area contributed by atoms with E-state index in [1.165, 1.54) is 12.0 Å². The topological polar surface area (TPSA) is 105 Å². The van der Waals surface area contributed by atoms with E-state index in [9.17, 15) is 4.79 Å². The number of hydrogen-bond donors (Lipinski definition) is 2. The van der Waals surface area contributed by atoms with Crippen molar-refractivity contribution < 1.29 is 4.79 Å². The maximum absolute atomic E-state index is 12.7. The van der Waals surface area contributed by atoms with Crippen molar-refractivity contribution >= 4 is 11.9 Å². The standard InChI is InChI=1S/C22H26N8O/c1-12-16(6-23-22(25-12)30-8-14-5-15(14)9-30)7-29-10-19(24-11-29)21(31)26-18-4-3-17-13(2)27-28-20(17)18/h6,10-11,14-15,18H,3-5,7-9H2,1-2H3,(H,26,31)(H,27,28)/t14?,15?,18-/m1/s1. The molecule has 3 aliphatic rings. The lowest BCUT2D eigenvalue weighted by Gasteiger charge is -2.18. The normalized spacial score (nSPS) is 23.7. The average molecular weight is 419 g/mol. The fourth-order valence-electron chi connectivity index (χ4n) is 4.98. The fraction of sp³-hybridized carbons (Fsp3) is 0.500. The molecular weight excluding hydrogens is 392 g/mol. The van der Waals surface area contributed by atoms with E-state index in [2.05, 4.69) is 30.4 Å². The third kappa shape index (κ3) is 3.28. The number of hydrogen-bond acceptors (Lipinski definition) is 6. The Bertz CT molecular complexity index is 1150. The van der Waals surface area contributed by atoms with Crippen molar-refractivity contribution in [3.63, 3.8) is 0 Å². The van der Waals surface area contributed by atoms with Crippen LogP contribution in [0.1, 0.15) is 57.6 Å². The van der Waals surface area contributed by atoms with Crippen LogP contribution < -0.4 is 10.2 Å². The number of fused-ring (bicyclic) bond motifs is 2. The van der Waals surface area contributed by atoms with Crippen molar-refractivity contribution in [3.05, 3.63) is 52.6 Å². The van der Waals surface area contributed by atoms with E-state index in [1.807, 2.05) is 24.6 Å². The van der Waals surface area contributed by atoms with Crippen molar-refractivity contribution in [2.24, 2.45) is 11.8 Å². The summed E-state index contributed by atoms with van der Waals surface area (Å²) in [5.74, 6) is 2.37. The molecule has 9 nitrogen and oxygen atoms in total. The summed E-state index contributed by atoms with van der Waals surface area (Å²) in [7, 11) is 0. The van der Waals surface area contributed by atoms with Gasteiger partial charge in [0.15, 0.2) is 0 Å². The zero-order valence-corrected chi connectivity index (χ0v) is 17.8. The monoisotopic (exact) mass is 418 g/mol. The highest BCUT2D eigenvalue weighted by Gasteiger charge is 2.45. The molecule has 31 heavy (non-hydrogen) atoms. The van der Waals surface area contributed by atoms with Crippen LogP contribution in [-0.2, 0) is 13.0 Å². The van der Waals surface area contributed by atoms with Gasteiger partial charge in [-0.05, 0) is 50.5 Å². The molecule has 0 aromatic carbocycles. The van der Waals surface area contributed by atoms with E-state index < -0.39 is 0 Å². The molecule has 2 N–H and O–H groups in total. The van der Waals surface area contributed by atoms with Crippen LogP contribution in [0.5, 0.6) is 0 Å². The van der Waals surface area contributed by atoms with Gasteiger partial charge in [0.2, 0.25) is 5.95 Å². The Labute approximate surface area is 180 Å². The van der Waals surface area contributed by atoms with Gasteiger partial charge in [0, 0.05) is 42.4 Å². The van der Waals surface area contributed by atoms with Crippen LogP contribution >= 0.6 is 0 Å². The molecule has 6 rings (SSSR count). The van der Waals surface area contributed by atoms with Crippen LogP contribution in [0.15, 0.2) is 18.7 Å². The lowest BCUT2D eigenvalue weighted by molar-refractivity contribution is 0.0931. The molecule has 2 unspecified atom stereocenters. The van der Waals surface area contributed by atoms with Crippen molar-refractivity contribution in [1.82, 2.24) is 35.0 Å². The van der Waals surface area contributed by atoms with Crippen LogP contribution in [0.3, 0.4) is 0 Å². The summed E-state index contributed by atoms with van der Waals surface area (Å²) in [6.07, 6.45) is 8.55. The summed E-state index contributed by atoms with van der Waals surface area (Å²) < 4.78 is 1.91. The number of aromatic amines is 1. The molecule has 3 atom stereocenters. The van der Waals surface area contributed by atoms with Crippen LogP contribution in [0.25, 0.3) is 0 Å². The van der Waals surface area contributed by atoms with Gasteiger partial charge in [-0.25, -0.2) is 15.0 Å². The maximum atomic E-state index is 12.7. The third-order valence-electron chi connectivity index (χ3n) is 6.97. The molecule has 1 aliphatic heterocycles. The number of anilines is 1. The lowest BCUT2D eigenvalue weighted by atomic mass is 10.2. The first-order valence-electron chi connectivity index (χ1n) is 11.0. The largest absolute Gasteiger partial charge is 0.342 e. The van der Waals surface area contributed by atoms with Crippen molar-refractivity contribution in [3.8, 4) is 0 Å². The summed E-state index contributed by atoms with van der Waals surface area (Å²) in [5.41, 5.74) is 5.67. The van der Waals surface area contributed by atoms with Gasteiger partial charge in [0.05, 0.1) is 24.6 Å². The molecule has 9 heteroatoms. The zero-order chi connectivity index (χ0) is 21.1. The fourth-order valence-corrected chi connectivity index (χ4v) is 4.98. The maximum Gasteiger partial charge on any atom is 0.272 e. The molecule has 3 aromatic rings. The summed E-state index contributed by atoms with van der Waals surface area (Å²) in [6.45, 7) is 6.80. The number of aromatic nitrogens is 6. The number of carbonyl (C=O) groups excluding carboxylic acids is 1. The molecule has 1 saturated carbocycles. The van der Waals surface area contributed by atoms with E-state index in [4.69, 9.17) is 4.98 Å². The zero-order valence-electron chi connectivity index (χ0n) is 17.8. The second kappa shape index (κ2) is 6.90. The number of amides is 1. The summed E-state index contributed by atoms with van der Waals surface area (Å²) in [4.78, 5) is 28.7. The Morgan fingerprint density at radius 1 is 1.26 bits per heavy atom. The van der Waals surface area contributed by atoms with E-state index in [1.54, 1.807) is 12.5 Å². The van der Waals surface area contributed by atoms with Crippen LogP contribution in [-0.4, -0.2) is 48.7 Å². The van der Waals surface area contributed by atoms with Gasteiger partial charge in [-0.15, -0.1) is 0 Å². The SMILES string of the molecule is Cc1nc(N2CC3CC3C2)ncc1Cn1cnc(C(=O)N[C@@H]2CCc3c2n[nH]c3C)c1. The number of carbonyl (C=O) groups is 1. The highest BCUT2D eigenvalue weighted by atomic mass is 16.2. The summed E-state index contributed by atoms with van der Waals surface area (Å²) >= 11 is 0. The van der Waals surface area contributed by atoms with Crippen molar-refractivity contribution in [1.29, 1.82) is 0 Å². The number of aryl methyl sites for hydroxylation is 2. The van der Waals surface area contributed by atoms with Gasteiger partial charge in [-0.3, -0.25) is 9.89 Å². The average Bonchev–Trinajstić information content (AvgIpc) is 3.22.